The highest BCUT2D eigenvalue weighted by Crippen LogP contribution is 2.18. The molecular weight excluding hydrogens is 388 g/mol. The Morgan fingerprint density at radius 3 is 2.14 bits per heavy atom. The summed E-state index contributed by atoms with van der Waals surface area (Å²) in [6.45, 7) is 8.14. The van der Waals surface area contributed by atoms with Crippen LogP contribution in [0.3, 0.4) is 0 Å². The summed E-state index contributed by atoms with van der Waals surface area (Å²) >= 11 is 0. The molecule has 0 aliphatic rings. The Bertz CT molecular complexity index is 899. The van der Waals surface area contributed by atoms with Crippen molar-refractivity contribution < 1.29 is 17.9 Å². The highest BCUT2D eigenvalue weighted by Gasteiger charge is 2.21. The molecule has 0 aromatic heterocycles. The lowest BCUT2D eigenvalue weighted by Gasteiger charge is -2.20. The summed E-state index contributed by atoms with van der Waals surface area (Å²) < 4.78 is 32.9. The van der Waals surface area contributed by atoms with Gasteiger partial charge in [-0.3, -0.25) is 4.79 Å². The van der Waals surface area contributed by atoms with Gasteiger partial charge in [0.05, 0.1) is 11.5 Å². The van der Waals surface area contributed by atoms with Crippen molar-refractivity contribution in [2.75, 3.05) is 11.9 Å². The number of hydrogen-bond donors (Lipinski definition) is 2. The van der Waals surface area contributed by atoms with Crippen LogP contribution >= 0.6 is 0 Å². The number of nitrogens with one attached hydrogen (secondary N) is 2. The van der Waals surface area contributed by atoms with Gasteiger partial charge in [0.25, 0.3) is 5.91 Å². The number of hydrogen-bond acceptors (Lipinski definition) is 4. The van der Waals surface area contributed by atoms with Gasteiger partial charge in [-0.1, -0.05) is 19.8 Å². The fourth-order valence-electron chi connectivity index (χ4n) is 2.63. The van der Waals surface area contributed by atoms with Crippen molar-refractivity contribution in [1.29, 1.82) is 0 Å². The normalized spacial score (nSPS) is 11.9. The third-order valence-electron chi connectivity index (χ3n) is 4.00. The minimum atomic E-state index is -3.61. The van der Waals surface area contributed by atoms with E-state index >= 15 is 0 Å². The van der Waals surface area contributed by atoms with Gasteiger partial charge in [-0.05, 0) is 75.7 Å². The van der Waals surface area contributed by atoms with Crippen LogP contribution in [0.5, 0.6) is 5.75 Å². The Hall–Kier alpha value is -2.38. The van der Waals surface area contributed by atoms with E-state index in [0.717, 1.165) is 25.0 Å². The van der Waals surface area contributed by atoms with Crippen LogP contribution in [-0.2, 0) is 10.0 Å². The van der Waals surface area contributed by atoms with Gasteiger partial charge in [0.15, 0.2) is 0 Å². The van der Waals surface area contributed by atoms with Gasteiger partial charge < -0.3 is 10.1 Å². The van der Waals surface area contributed by atoms with Crippen molar-refractivity contribution in [3.05, 3.63) is 54.1 Å². The van der Waals surface area contributed by atoms with E-state index in [1.54, 1.807) is 57.2 Å². The highest BCUT2D eigenvalue weighted by atomic mass is 32.2. The van der Waals surface area contributed by atoms with Crippen LogP contribution in [0.25, 0.3) is 0 Å². The molecule has 0 heterocycles. The van der Waals surface area contributed by atoms with Crippen LogP contribution in [0.2, 0.25) is 0 Å². The maximum Gasteiger partial charge on any atom is 0.255 e. The second-order valence-corrected chi connectivity index (χ2v) is 9.60. The van der Waals surface area contributed by atoms with E-state index in [9.17, 15) is 13.2 Å². The van der Waals surface area contributed by atoms with Crippen LogP contribution in [-0.4, -0.2) is 26.5 Å². The summed E-state index contributed by atoms with van der Waals surface area (Å²) in [6.07, 6.45) is 3.28. The lowest BCUT2D eigenvalue weighted by molar-refractivity contribution is 0.102. The molecule has 0 aliphatic heterocycles. The molecule has 0 fully saturated rings. The summed E-state index contributed by atoms with van der Waals surface area (Å²) in [7, 11) is -3.61. The Morgan fingerprint density at radius 2 is 1.59 bits per heavy atom. The topological polar surface area (TPSA) is 84.5 Å². The maximum atomic E-state index is 12.4. The number of carbonyl (C=O) groups excluding carboxylic acids is 1. The first-order chi connectivity index (χ1) is 13.6. The average molecular weight is 419 g/mol. The minimum Gasteiger partial charge on any atom is -0.494 e. The second kappa shape index (κ2) is 9.89. The number of carbonyl (C=O) groups is 1. The molecule has 7 heteroatoms. The Labute approximate surface area is 173 Å². The maximum absolute atomic E-state index is 12.4. The van der Waals surface area contributed by atoms with Gasteiger partial charge in [0.2, 0.25) is 10.0 Å². The van der Waals surface area contributed by atoms with Gasteiger partial charge in [0, 0.05) is 16.8 Å². The number of anilines is 1. The third-order valence-corrected chi connectivity index (χ3v) is 5.77. The molecule has 0 unspecified atom stereocenters. The number of sulfonamides is 1. The molecule has 0 spiro atoms. The smallest absolute Gasteiger partial charge is 0.255 e. The monoisotopic (exact) mass is 418 g/mol. The van der Waals surface area contributed by atoms with E-state index in [4.69, 9.17) is 4.74 Å². The fraction of sp³-hybridized carbons (Fsp3) is 0.409. The molecule has 2 aromatic carbocycles. The summed E-state index contributed by atoms with van der Waals surface area (Å²) in [6, 6.07) is 13.0. The van der Waals surface area contributed by atoms with Crippen molar-refractivity contribution >= 4 is 21.6 Å². The Kier molecular flexibility index (Phi) is 7.81. The molecule has 29 heavy (non-hydrogen) atoms. The zero-order valence-electron chi connectivity index (χ0n) is 17.5. The molecule has 0 radical (unpaired) electrons. The largest absolute Gasteiger partial charge is 0.494 e. The van der Waals surface area contributed by atoms with Gasteiger partial charge in [-0.15, -0.1) is 0 Å². The average Bonchev–Trinajstić information content (AvgIpc) is 2.64. The van der Waals surface area contributed by atoms with Crippen molar-refractivity contribution in [1.82, 2.24) is 4.72 Å². The van der Waals surface area contributed by atoms with Crippen LogP contribution in [0.15, 0.2) is 53.4 Å². The van der Waals surface area contributed by atoms with E-state index < -0.39 is 15.6 Å². The predicted molar refractivity (Wildman–Crippen MR) is 116 cm³/mol. The molecule has 0 atom stereocenters. The van der Waals surface area contributed by atoms with Gasteiger partial charge in [0.1, 0.15) is 5.75 Å². The molecule has 6 nitrogen and oxygen atoms in total. The van der Waals surface area contributed by atoms with Crippen LogP contribution in [0.1, 0.15) is 57.3 Å². The molecule has 0 saturated carbocycles. The number of benzene rings is 2. The zero-order chi connectivity index (χ0) is 21.5. The molecule has 2 N–H and O–H groups in total. The minimum absolute atomic E-state index is 0.148. The van der Waals surface area contributed by atoms with E-state index in [1.165, 1.54) is 12.1 Å². The van der Waals surface area contributed by atoms with Crippen LogP contribution in [0.4, 0.5) is 5.69 Å². The number of amides is 1. The van der Waals surface area contributed by atoms with Crippen molar-refractivity contribution in [2.45, 2.75) is 57.4 Å². The van der Waals surface area contributed by atoms with Crippen LogP contribution in [0, 0.1) is 0 Å². The Balaban J connectivity index is 1.97. The molecule has 1 amide bonds. The molecular formula is C22H30N2O4S. The lowest BCUT2D eigenvalue weighted by atomic mass is 10.1. The van der Waals surface area contributed by atoms with Crippen molar-refractivity contribution in [3.63, 3.8) is 0 Å². The molecule has 0 aliphatic carbocycles. The van der Waals surface area contributed by atoms with Crippen LogP contribution < -0.4 is 14.8 Å². The van der Waals surface area contributed by atoms with Crippen molar-refractivity contribution in [2.24, 2.45) is 0 Å². The number of unbranched alkanes of at least 4 members (excludes halogenated alkanes) is 2. The Morgan fingerprint density at radius 1 is 0.966 bits per heavy atom. The first kappa shape index (κ1) is 22.9. The van der Waals surface area contributed by atoms with Gasteiger partial charge in [-0.25, -0.2) is 13.1 Å². The van der Waals surface area contributed by atoms with E-state index in [2.05, 4.69) is 17.0 Å². The first-order valence-corrected chi connectivity index (χ1v) is 11.3. The summed E-state index contributed by atoms with van der Waals surface area (Å²) in [4.78, 5) is 12.6. The number of rotatable bonds is 9. The summed E-state index contributed by atoms with van der Waals surface area (Å²) in [5, 5.41) is 2.77. The summed E-state index contributed by atoms with van der Waals surface area (Å²) in [5.74, 6) is 0.463. The van der Waals surface area contributed by atoms with Gasteiger partial charge in [-0.2, -0.15) is 0 Å². The number of ether oxygens (including phenoxy) is 1. The quantitative estimate of drug-likeness (QED) is 0.584. The highest BCUT2D eigenvalue weighted by molar-refractivity contribution is 7.89. The predicted octanol–water partition coefficient (Wildman–Crippen LogP) is 4.58. The molecule has 2 rings (SSSR count). The summed E-state index contributed by atoms with van der Waals surface area (Å²) in [5.41, 5.74) is 0.444. The molecule has 0 saturated heterocycles. The SMILES string of the molecule is CCCCCOc1ccc(C(=O)Nc2ccc(S(=O)(=O)NC(C)(C)C)cc2)cc1. The van der Waals surface area contributed by atoms with Gasteiger partial charge >= 0.3 is 0 Å². The fourth-order valence-corrected chi connectivity index (χ4v) is 4.05. The first-order valence-electron chi connectivity index (χ1n) is 9.79. The molecule has 2 aromatic rings. The second-order valence-electron chi connectivity index (χ2n) is 7.91. The lowest BCUT2D eigenvalue weighted by Crippen LogP contribution is -2.40. The molecule has 0 bridgehead atoms. The molecule has 158 valence electrons. The standard InChI is InChI=1S/C22H30N2O4S/c1-5-6-7-16-28-19-12-8-17(9-13-19)21(25)23-18-10-14-20(15-11-18)29(26,27)24-22(2,3)4/h8-15,24H,5-7,16H2,1-4H3,(H,23,25). The zero-order valence-corrected chi connectivity index (χ0v) is 18.3. The van der Waals surface area contributed by atoms with E-state index in [1.807, 2.05) is 0 Å². The van der Waals surface area contributed by atoms with E-state index in [0.29, 0.717) is 17.9 Å². The van der Waals surface area contributed by atoms with Crippen molar-refractivity contribution in [3.8, 4) is 5.75 Å². The third kappa shape index (κ3) is 7.51. The van der Waals surface area contributed by atoms with E-state index in [-0.39, 0.29) is 10.8 Å².